The molecule has 0 aromatic heterocycles. The smallest absolute Gasteiger partial charge is 0.253 e. The van der Waals surface area contributed by atoms with Crippen molar-refractivity contribution in [3.05, 3.63) is 36.4 Å². The average Bonchev–Trinajstić information content (AvgIpc) is 2.38. The third-order valence-electron chi connectivity index (χ3n) is 2.30. The highest BCUT2D eigenvalue weighted by molar-refractivity contribution is 7.99. The topological polar surface area (TPSA) is 64.3 Å². The maximum Gasteiger partial charge on any atom is 0.253 e. The summed E-state index contributed by atoms with van der Waals surface area (Å²) in [7, 11) is 1.53. The van der Waals surface area contributed by atoms with E-state index in [9.17, 15) is 4.79 Å². The van der Waals surface area contributed by atoms with E-state index in [-0.39, 0.29) is 5.91 Å². The quantitative estimate of drug-likeness (QED) is 0.449. The zero-order valence-corrected chi connectivity index (χ0v) is 11.3. The lowest BCUT2D eigenvalue weighted by Crippen LogP contribution is -2.26. The molecule has 18 heavy (non-hydrogen) atoms. The van der Waals surface area contributed by atoms with E-state index in [0.29, 0.717) is 23.5 Å². The summed E-state index contributed by atoms with van der Waals surface area (Å²) in [5, 5.41) is 2.82. The van der Waals surface area contributed by atoms with Crippen LogP contribution in [0.15, 0.2) is 30.9 Å². The normalized spacial score (nSPS) is 9.83. The van der Waals surface area contributed by atoms with Crippen LogP contribution in [0.4, 0.5) is 5.69 Å². The Balaban J connectivity index is 2.53. The first kappa shape index (κ1) is 14.4. The predicted molar refractivity (Wildman–Crippen MR) is 77.3 cm³/mol. The van der Waals surface area contributed by atoms with Crippen LogP contribution in [0.5, 0.6) is 5.75 Å². The van der Waals surface area contributed by atoms with Crippen molar-refractivity contribution in [2.75, 3.05) is 30.9 Å². The standard InChI is InChI=1S/C13H18N2O2S/c1-3-8-18-9-7-15-13(16)10-5-4-6-11(17-2)12(10)14/h3-6H,1,7-9,14H2,2H3,(H,15,16). The Labute approximate surface area is 112 Å². The molecule has 0 unspecified atom stereocenters. The van der Waals surface area contributed by atoms with E-state index < -0.39 is 0 Å². The molecule has 98 valence electrons. The summed E-state index contributed by atoms with van der Waals surface area (Å²) in [5.41, 5.74) is 6.66. The first-order valence-electron chi connectivity index (χ1n) is 5.60. The minimum atomic E-state index is -0.175. The number of nitrogen functional groups attached to an aromatic ring is 1. The number of carbonyl (C=O) groups is 1. The van der Waals surface area contributed by atoms with Crippen LogP contribution in [-0.4, -0.2) is 31.1 Å². The second-order valence-corrected chi connectivity index (χ2v) is 4.69. The maximum atomic E-state index is 11.9. The molecule has 5 heteroatoms. The van der Waals surface area contributed by atoms with Crippen LogP contribution in [0.2, 0.25) is 0 Å². The molecule has 0 aliphatic heterocycles. The Kier molecular flexibility index (Phi) is 6.14. The van der Waals surface area contributed by atoms with Gasteiger partial charge in [-0.05, 0) is 12.1 Å². The van der Waals surface area contributed by atoms with Gasteiger partial charge in [0.05, 0.1) is 18.4 Å². The van der Waals surface area contributed by atoms with E-state index in [0.717, 1.165) is 11.5 Å². The van der Waals surface area contributed by atoms with Crippen molar-refractivity contribution in [1.82, 2.24) is 5.32 Å². The third kappa shape index (κ3) is 4.00. The Bertz CT molecular complexity index is 421. The van der Waals surface area contributed by atoms with Crippen molar-refractivity contribution in [2.45, 2.75) is 0 Å². The molecular weight excluding hydrogens is 248 g/mol. The van der Waals surface area contributed by atoms with Gasteiger partial charge >= 0.3 is 0 Å². The maximum absolute atomic E-state index is 11.9. The van der Waals surface area contributed by atoms with Crippen LogP contribution in [0.1, 0.15) is 10.4 Å². The van der Waals surface area contributed by atoms with Crippen molar-refractivity contribution in [2.24, 2.45) is 0 Å². The van der Waals surface area contributed by atoms with E-state index in [1.165, 1.54) is 7.11 Å². The van der Waals surface area contributed by atoms with Crippen molar-refractivity contribution in [3.8, 4) is 5.75 Å². The van der Waals surface area contributed by atoms with Gasteiger partial charge in [-0.3, -0.25) is 4.79 Å². The molecule has 0 heterocycles. The molecule has 0 atom stereocenters. The van der Waals surface area contributed by atoms with Gasteiger partial charge in [0.15, 0.2) is 0 Å². The zero-order chi connectivity index (χ0) is 13.4. The Hall–Kier alpha value is -1.62. The van der Waals surface area contributed by atoms with Gasteiger partial charge in [0.25, 0.3) is 5.91 Å². The molecule has 0 fully saturated rings. The summed E-state index contributed by atoms with van der Waals surface area (Å²) in [6, 6.07) is 5.16. The van der Waals surface area contributed by atoms with Crippen molar-refractivity contribution < 1.29 is 9.53 Å². The van der Waals surface area contributed by atoms with Crippen molar-refractivity contribution in [3.63, 3.8) is 0 Å². The van der Waals surface area contributed by atoms with Crippen molar-refractivity contribution >= 4 is 23.4 Å². The Morgan fingerprint density at radius 3 is 3.06 bits per heavy atom. The summed E-state index contributed by atoms with van der Waals surface area (Å²) in [4.78, 5) is 11.9. The summed E-state index contributed by atoms with van der Waals surface area (Å²) in [6.07, 6.45) is 1.84. The van der Waals surface area contributed by atoms with Crippen LogP contribution in [0, 0.1) is 0 Å². The molecule has 1 amide bonds. The summed E-state index contributed by atoms with van der Waals surface area (Å²) >= 11 is 1.71. The number of nitrogens with one attached hydrogen (secondary N) is 1. The van der Waals surface area contributed by atoms with Gasteiger partial charge < -0.3 is 15.8 Å². The number of carbonyl (C=O) groups excluding carboxylic acids is 1. The number of ether oxygens (including phenoxy) is 1. The minimum Gasteiger partial charge on any atom is -0.495 e. The van der Waals surface area contributed by atoms with E-state index >= 15 is 0 Å². The predicted octanol–water partition coefficient (Wildman–Crippen LogP) is 1.93. The SMILES string of the molecule is C=CCSCCNC(=O)c1cccc(OC)c1N. The molecule has 0 aliphatic rings. The van der Waals surface area contributed by atoms with E-state index in [4.69, 9.17) is 10.5 Å². The van der Waals surface area contributed by atoms with Crippen LogP contribution in [0.25, 0.3) is 0 Å². The van der Waals surface area contributed by atoms with Gasteiger partial charge in [-0.15, -0.1) is 6.58 Å². The molecule has 0 bridgehead atoms. The fourth-order valence-corrected chi connectivity index (χ4v) is 2.00. The number of para-hydroxylation sites is 1. The van der Waals surface area contributed by atoms with Crippen LogP contribution in [-0.2, 0) is 0 Å². The molecule has 0 saturated carbocycles. The number of hydrogen-bond acceptors (Lipinski definition) is 4. The molecule has 0 saturated heterocycles. The fraction of sp³-hybridized carbons (Fsp3) is 0.308. The monoisotopic (exact) mass is 266 g/mol. The first-order valence-corrected chi connectivity index (χ1v) is 6.75. The van der Waals surface area contributed by atoms with Gasteiger partial charge in [-0.1, -0.05) is 12.1 Å². The highest BCUT2D eigenvalue weighted by Crippen LogP contribution is 2.24. The molecule has 3 N–H and O–H groups in total. The summed E-state index contributed by atoms with van der Waals surface area (Å²) < 4.78 is 5.07. The van der Waals surface area contributed by atoms with Gasteiger partial charge in [0.2, 0.25) is 0 Å². The number of thioether (sulfide) groups is 1. The van der Waals surface area contributed by atoms with Crippen molar-refractivity contribution in [1.29, 1.82) is 0 Å². The number of benzene rings is 1. The summed E-state index contributed by atoms with van der Waals surface area (Å²) in [6.45, 7) is 4.24. The van der Waals surface area contributed by atoms with E-state index in [1.54, 1.807) is 30.0 Å². The largest absolute Gasteiger partial charge is 0.495 e. The highest BCUT2D eigenvalue weighted by Gasteiger charge is 2.12. The van der Waals surface area contributed by atoms with E-state index in [1.807, 2.05) is 6.08 Å². The highest BCUT2D eigenvalue weighted by atomic mass is 32.2. The third-order valence-corrected chi connectivity index (χ3v) is 3.26. The van der Waals surface area contributed by atoms with Crippen LogP contribution in [0.3, 0.4) is 0 Å². The van der Waals surface area contributed by atoms with Gasteiger partial charge in [-0.2, -0.15) is 11.8 Å². The lowest BCUT2D eigenvalue weighted by molar-refractivity contribution is 0.0957. The Morgan fingerprint density at radius 1 is 1.61 bits per heavy atom. The number of nitrogens with two attached hydrogens (primary N) is 1. The van der Waals surface area contributed by atoms with Gasteiger partial charge in [0.1, 0.15) is 5.75 Å². The van der Waals surface area contributed by atoms with Crippen LogP contribution < -0.4 is 15.8 Å². The van der Waals surface area contributed by atoms with Gasteiger partial charge in [0, 0.05) is 18.1 Å². The second-order valence-electron chi connectivity index (χ2n) is 3.54. The molecule has 1 aromatic carbocycles. The minimum absolute atomic E-state index is 0.175. The van der Waals surface area contributed by atoms with Crippen LogP contribution >= 0.6 is 11.8 Å². The fourth-order valence-electron chi connectivity index (χ4n) is 1.42. The zero-order valence-electron chi connectivity index (χ0n) is 10.4. The lowest BCUT2D eigenvalue weighted by Gasteiger charge is -2.10. The number of methoxy groups -OCH3 is 1. The molecule has 1 aromatic rings. The molecule has 0 radical (unpaired) electrons. The number of amides is 1. The second kappa shape index (κ2) is 7.66. The van der Waals surface area contributed by atoms with Gasteiger partial charge in [-0.25, -0.2) is 0 Å². The molecular formula is C13H18N2O2S. The molecule has 0 aliphatic carbocycles. The number of anilines is 1. The lowest BCUT2D eigenvalue weighted by atomic mass is 10.1. The van der Waals surface area contributed by atoms with E-state index in [2.05, 4.69) is 11.9 Å². The Morgan fingerprint density at radius 2 is 2.39 bits per heavy atom. The number of hydrogen-bond donors (Lipinski definition) is 2. The first-order chi connectivity index (χ1) is 8.70. The average molecular weight is 266 g/mol. The molecule has 4 nitrogen and oxygen atoms in total. The molecule has 0 spiro atoms. The molecule has 1 rings (SSSR count). The summed E-state index contributed by atoms with van der Waals surface area (Å²) in [5.74, 6) is 2.08. The number of rotatable bonds is 7.